The SMILES string of the molecule is NC(CCP(O)C(CC(=O)O)C(=O)O)C(=O)O. The van der Waals surface area contributed by atoms with Crippen LogP contribution in [0.3, 0.4) is 0 Å². The van der Waals surface area contributed by atoms with Gasteiger partial charge in [-0.3, -0.25) is 14.4 Å². The first-order valence-corrected chi connectivity index (χ1v) is 6.19. The van der Waals surface area contributed by atoms with E-state index in [9.17, 15) is 19.3 Å². The highest BCUT2D eigenvalue weighted by Crippen LogP contribution is 2.39. The molecule has 0 bridgehead atoms. The summed E-state index contributed by atoms with van der Waals surface area (Å²) < 4.78 is 0. The summed E-state index contributed by atoms with van der Waals surface area (Å²) in [5.41, 5.74) is 3.78. The average molecular weight is 267 g/mol. The van der Waals surface area contributed by atoms with Gasteiger partial charge in [0.2, 0.25) is 0 Å². The van der Waals surface area contributed by atoms with Crippen LogP contribution in [0.4, 0.5) is 0 Å². The van der Waals surface area contributed by atoms with Crippen LogP contribution in [-0.2, 0) is 14.4 Å². The number of carbonyl (C=O) groups is 3. The van der Waals surface area contributed by atoms with E-state index in [0.29, 0.717) is 0 Å². The highest BCUT2D eigenvalue weighted by molar-refractivity contribution is 7.53. The maximum Gasteiger partial charge on any atom is 0.320 e. The molecule has 0 aromatic heterocycles. The Hall–Kier alpha value is -1.24. The smallest absolute Gasteiger partial charge is 0.320 e. The molecule has 0 radical (unpaired) electrons. The quantitative estimate of drug-likeness (QED) is 0.354. The van der Waals surface area contributed by atoms with Crippen LogP contribution in [0.5, 0.6) is 0 Å². The third-order valence-electron chi connectivity index (χ3n) is 2.00. The van der Waals surface area contributed by atoms with Gasteiger partial charge in [0.1, 0.15) is 11.7 Å². The van der Waals surface area contributed by atoms with Gasteiger partial charge in [-0.15, -0.1) is 0 Å². The first-order chi connectivity index (χ1) is 7.75. The van der Waals surface area contributed by atoms with Crippen molar-refractivity contribution in [1.29, 1.82) is 0 Å². The van der Waals surface area contributed by atoms with Gasteiger partial charge in [-0.25, -0.2) is 0 Å². The third-order valence-corrected chi connectivity index (χ3v) is 3.84. The van der Waals surface area contributed by atoms with E-state index >= 15 is 0 Å². The summed E-state index contributed by atoms with van der Waals surface area (Å²) in [5.74, 6) is -4.00. The Bertz CT molecular complexity index is 308. The zero-order chi connectivity index (χ0) is 13.6. The molecule has 3 atom stereocenters. The Kier molecular flexibility index (Phi) is 6.64. The highest BCUT2D eigenvalue weighted by atomic mass is 31.1. The molecule has 0 amide bonds. The minimum Gasteiger partial charge on any atom is -0.481 e. The number of carboxylic acid groups (broad SMARTS) is 3. The summed E-state index contributed by atoms with van der Waals surface area (Å²) >= 11 is 0. The molecule has 0 spiro atoms. The maximum atomic E-state index is 10.7. The molecule has 9 heteroatoms. The van der Waals surface area contributed by atoms with E-state index in [0.717, 1.165) is 0 Å². The van der Waals surface area contributed by atoms with Gasteiger partial charge in [0.15, 0.2) is 0 Å². The van der Waals surface area contributed by atoms with Gasteiger partial charge in [-0.05, 0) is 12.6 Å². The molecule has 17 heavy (non-hydrogen) atoms. The molecule has 8 nitrogen and oxygen atoms in total. The van der Waals surface area contributed by atoms with Crippen molar-refractivity contribution in [2.45, 2.75) is 24.5 Å². The second kappa shape index (κ2) is 7.16. The fraction of sp³-hybridized carbons (Fsp3) is 0.625. The van der Waals surface area contributed by atoms with Crippen LogP contribution in [-0.4, -0.2) is 56.0 Å². The number of carboxylic acids is 3. The largest absolute Gasteiger partial charge is 0.481 e. The Morgan fingerprint density at radius 2 is 1.65 bits per heavy atom. The van der Waals surface area contributed by atoms with Gasteiger partial charge >= 0.3 is 17.9 Å². The molecular formula is C8H14NO7P. The Morgan fingerprint density at radius 3 is 2.00 bits per heavy atom. The van der Waals surface area contributed by atoms with Gasteiger partial charge < -0.3 is 25.9 Å². The molecule has 0 saturated carbocycles. The van der Waals surface area contributed by atoms with Crippen molar-refractivity contribution in [3.8, 4) is 0 Å². The molecular weight excluding hydrogens is 253 g/mol. The summed E-state index contributed by atoms with van der Waals surface area (Å²) in [4.78, 5) is 41.0. The molecule has 0 aliphatic carbocycles. The Labute approximate surface area is 97.9 Å². The molecule has 3 unspecified atom stereocenters. The van der Waals surface area contributed by atoms with Crippen LogP contribution >= 0.6 is 8.15 Å². The molecule has 0 aliphatic rings. The zero-order valence-corrected chi connectivity index (χ0v) is 9.71. The van der Waals surface area contributed by atoms with Crippen molar-refractivity contribution >= 4 is 26.1 Å². The predicted molar refractivity (Wildman–Crippen MR) is 57.9 cm³/mol. The van der Waals surface area contributed by atoms with Crippen molar-refractivity contribution in [1.82, 2.24) is 0 Å². The predicted octanol–water partition coefficient (Wildman–Crippen LogP) is -0.894. The second-order valence-electron chi connectivity index (χ2n) is 3.35. The molecule has 6 N–H and O–H groups in total. The third kappa shape index (κ3) is 6.15. The van der Waals surface area contributed by atoms with Gasteiger partial charge in [0.05, 0.1) is 6.42 Å². The normalized spacial score (nSPS) is 15.9. The molecule has 0 aliphatic heterocycles. The van der Waals surface area contributed by atoms with Gasteiger partial charge in [-0.2, -0.15) is 0 Å². The fourth-order valence-electron chi connectivity index (χ4n) is 1.04. The number of hydrogen-bond acceptors (Lipinski definition) is 5. The summed E-state index contributed by atoms with van der Waals surface area (Å²) in [7, 11) is -2.10. The lowest BCUT2D eigenvalue weighted by molar-refractivity contribution is -0.143. The van der Waals surface area contributed by atoms with Gasteiger partial charge in [0.25, 0.3) is 0 Å². The lowest BCUT2D eigenvalue weighted by Crippen LogP contribution is -2.31. The number of nitrogens with two attached hydrogens (primary N) is 1. The number of hydrogen-bond donors (Lipinski definition) is 5. The standard InChI is InChI=1S/C8H14NO7P/c9-4(7(12)13)1-2-17(16)5(8(14)15)3-6(10)11/h4-5,16H,1-3,9H2,(H,10,11)(H,12,13)(H,14,15). The molecule has 0 aromatic rings. The molecule has 0 fully saturated rings. The van der Waals surface area contributed by atoms with E-state index < -0.39 is 44.2 Å². The van der Waals surface area contributed by atoms with Crippen LogP contribution in [0, 0.1) is 0 Å². The molecule has 0 saturated heterocycles. The van der Waals surface area contributed by atoms with Crippen LogP contribution in [0.15, 0.2) is 0 Å². The second-order valence-corrected chi connectivity index (χ2v) is 5.30. The zero-order valence-electron chi connectivity index (χ0n) is 8.81. The summed E-state index contributed by atoms with van der Waals surface area (Å²) in [6.07, 6.45) is -0.909. The lowest BCUT2D eigenvalue weighted by atomic mass is 10.2. The van der Waals surface area contributed by atoms with Crippen molar-refractivity contribution in [3.05, 3.63) is 0 Å². The van der Waals surface area contributed by atoms with E-state index in [2.05, 4.69) is 0 Å². The van der Waals surface area contributed by atoms with Crippen molar-refractivity contribution in [2.24, 2.45) is 5.73 Å². The molecule has 0 heterocycles. The van der Waals surface area contributed by atoms with Crippen LogP contribution in [0.2, 0.25) is 0 Å². The Balaban J connectivity index is 4.33. The van der Waals surface area contributed by atoms with Crippen molar-refractivity contribution < 1.29 is 34.6 Å². The van der Waals surface area contributed by atoms with Crippen LogP contribution in [0.25, 0.3) is 0 Å². The summed E-state index contributed by atoms with van der Waals surface area (Å²) in [5, 5.41) is 25.7. The maximum absolute atomic E-state index is 10.7. The first-order valence-electron chi connectivity index (χ1n) is 4.64. The highest BCUT2D eigenvalue weighted by Gasteiger charge is 2.29. The van der Waals surface area contributed by atoms with E-state index in [1.54, 1.807) is 0 Å². The molecule has 0 aromatic carbocycles. The number of rotatable bonds is 8. The average Bonchev–Trinajstić information content (AvgIpc) is 2.21. The van der Waals surface area contributed by atoms with E-state index in [-0.39, 0.29) is 12.6 Å². The van der Waals surface area contributed by atoms with Crippen molar-refractivity contribution in [3.63, 3.8) is 0 Å². The van der Waals surface area contributed by atoms with E-state index in [1.165, 1.54) is 0 Å². The topological polar surface area (TPSA) is 158 Å². The lowest BCUT2D eigenvalue weighted by Gasteiger charge is -2.18. The molecule has 0 rings (SSSR count). The van der Waals surface area contributed by atoms with E-state index in [1.807, 2.05) is 0 Å². The van der Waals surface area contributed by atoms with Crippen molar-refractivity contribution in [2.75, 3.05) is 6.16 Å². The van der Waals surface area contributed by atoms with Crippen LogP contribution < -0.4 is 5.73 Å². The summed E-state index contributed by atoms with van der Waals surface area (Å²) in [6, 6.07) is -1.19. The number of aliphatic carboxylic acids is 3. The fourth-order valence-corrected chi connectivity index (χ4v) is 2.51. The minimum absolute atomic E-state index is 0.0963. The summed E-state index contributed by atoms with van der Waals surface area (Å²) in [6.45, 7) is 0. The minimum atomic E-state index is -2.10. The first kappa shape index (κ1) is 15.8. The van der Waals surface area contributed by atoms with Gasteiger partial charge in [0, 0.05) is 8.15 Å². The van der Waals surface area contributed by atoms with Crippen LogP contribution in [0.1, 0.15) is 12.8 Å². The van der Waals surface area contributed by atoms with E-state index in [4.69, 9.17) is 21.1 Å². The Morgan fingerprint density at radius 1 is 1.12 bits per heavy atom. The molecule has 98 valence electrons. The monoisotopic (exact) mass is 267 g/mol. The van der Waals surface area contributed by atoms with Gasteiger partial charge in [-0.1, -0.05) is 0 Å².